The van der Waals surface area contributed by atoms with Gasteiger partial charge in [-0.15, -0.1) is 0 Å². The summed E-state index contributed by atoms with van der Waals surface area (Å²) in [6.07, 6.45) is 0.595. The number of nitrogens with zero attached hydrogens (tertiary/aromatic N) is 2. The van der Waals surface area contributed by atoms with E-state index in [4.69, 9.17) is 5.73 Å². The van der Waals surface area contributed by atoms with Gasteiger partial charge in [-0.1, -0.05) is 12.1 Å². The number of rotatable bonds is 5. The minimum Gasteiger partial charge on any atom is -0.359 e. The molecule has 1 heterocycles. The third-order valence-corrected chi connectivity index (χ3v) is 3.17. The van der Waals surface area contributed by atoms with Crippen LogP contribution in [0.3, 0.4) is 0 Å². The highest BCUT2D eigenvalue weighted by molar-refractivity contribution is 5.24. The lowest BCUT2D eigenvalue weighted by Gasteiger charge is -2.21. The average molecular weight is 285 g/mol. The van der Waals surface area contributed by atoms with E-state index in [0.717, 1.165) is 37.3 Å². The Kier molecular flexibility index (Phi) is 4.54. The quantitative estimate of drug-likeness (QED) is 0.902. The molecule has 1 aliphatic heterocycles. The van der Waals surface area contributed by atoms with Crippen LogP contribution in [0.25, 0.3) is 0 Å². The summed E-state index contributed by atoms with van der Waals surface area (Å²) in [6.45, 7) is 2.91. The van der Waals surface area contributed by atoms with Crippen LogP contribution in [0.5, 0.6) is 0 Å². The second-order valence-corrected chi connectivity index (χ2v) is 4.84. The molecule has 0 amide bonds. The minimum absolute atomic E-state index is 0.605. The van der Waals surface area contributed by atoms with Crippen LogP contribution in [0.1, 0.15) is 17.5 Å². The van der Waals surface area contributed by atoms with Gasteiger partial charge >= 0.3 is 6.18 Å². The molecule has 0 bridgehead atoms. The SMILES string of the molecule is NCCCN1C=CN(Cc2ccc(C(F)(F)F)cc2)C1. The molecule has 2 N–H and O–H groups in total. The van der Waals surface area contributed by atoms with E-state index in [-0.39, 0.29) is 0 Å². The van der Waals surface area contributed by atoms with Gasteiger partial charge in [0.05, 0.1) is 12.2 Å². The summed E-state index contributed by atoms with van der Waals surface area (Å²) in [4.78, 5) is 4.19. The van der Waals surface area contributed by atoms with E-state index in [0.29, 0.717) is 13.1 Å². The molecule has 110 valence electrons. The van der Waals surface area contributed by atoms with Crippen molar-refractivity contribution in [3.63, 3.8) is 0 Å². The zero-order chi connectivity index (χ0) is 14.6. The van der Waals surface area contributed by atoms with Crippen molar-refractivity contribution in [2.75, 3.05) is 19.8 Å². The van der Waals surface area contributed by atoms with Crippen LogP contribution in [0, 0.1) is 0 Å². The van der Waals surface area contributed by atoms with Gasteiger partial charge in [0.15, 0.2) is 0 Å². The Hall–Kier alpha value is -1.69. The summed E-state index contributed by atoms with van der Waals surface area (Å²) in [5.41, 5.74) is 5.71. The number of hydrogen-bond donors (Lipinski definition) is 1. The van der Waals surface area contributed by atoms with Gasteiger partial charge in [-0.25, -0.2) is 0 Å². The van der Waals surface area contributed by atoms with Gasteiger partial charge in [-0.3, -0.25) is 0 Å². The standard InChI is InChI=1S/C14H18F3N3/c15-14(16,17)13-4-2-12(3-5-13)10-20-9-8-19(11-20)7-1-6-18/h2-5,8-9H,1,6-7,10-11,18H2. The maximum atomic E-state index is 12.5. The van der Waals surface area contributed by atoms with E-state index in [1.165, 1.54) is 12.1 Å². The molecule has 0 saturated heterocycles. The van der Waals surface area contributed by atoms with E-state index >= 15 is 0 Å². The van der Waals surface area contributed by atoms with Gasteiger partial charge < -0.3 is 15.5 Å². The van der Waals surface area contributed by atoms with Crippen LogP contribution in [0.4, 0.5) is 13.2 Å². The van der Waals surface area contributed by atoms with Crippen LogP contribution in [-0.2, 0) is 12.7 Å². The van der Waals surface area contributed by atoms with Crippen molar-refractivity contribution in [3.8, 4) is 0 Å². The Balaban J connectivity index is 1.87. The van der Waals surface area contributed by atoms with Crippen LogP contribution >= 0.6 is 0 Å². The fourth-order valence-electron chi connectivity index (χ4n) is 2.09. The van der Waals surface area contributed by atoms with E-state index in [1.54, 1.807) is 0 Å². The third kappa shape index (κ3) is 3.90. The van der Waals surface area contributed by atoms with Gasteiger partial charge in [-0.2, -0.15) is 13.2 Å². The van der Waals surface area contributed by atoms with Crippen molar-refractivity contribution in [3.05, 3.63) is 47.8 Å². The summed E-state index contributed by atoms with van der Waals surface area (Å²) in [7, 11) is 0. The van der Waals surface area contributed by atoms with E-state index in [1.807, 2.05) is 12.4 Å². The van der Waals surface area contributed by atoms with Gasteiger partial charge in [0, 0.05) is 25.5 Å². The molecular formula is C14H18F3N3. The van der Waals surface area contributed by atoms with Crippen molar-refractivity contribution in [2.24, 2.45) is 5.73 Å². The summed E-state index contributed by atoms with van der Waals surface area (Å²) >= 11 is 0. The smallest absolute Gasteiger partial charge is 0.359 e. The predicted octanol–water partition coefficient (Wildman–Crippen LogP) is 2.60. The van der Waals surface area contributed by atoms with Gasteiger partial charge in [0.25, 0.3) is 0 Å². The monoisotopic (exact) mass is 285 g/mol. The van der Waals surface area contributed by atoms with E-state index in [9.17, 15) is 13.2 Å². The fraction of sp³-hybridized carbons (Fsp3) is 0.429. The summed E-state index contributed by atoms with van der Waals surface area (Å²) in [6, 6.07) is 5.31. The molecule has 0 spiro atoms. The number of alkyl halides is 3. The molecule has 6 heteroatoms. The topological polar surface area (TPSA) is 32.5 Å². The van der Waals surface area contributed by atoms with Gasteiger partial charge in [-0.05, 0) is 30.7 Å². The molecule has 0 aromatic heterocycles. The van der Waals surface area contributed by atoms with Crippen LogP contribution in [-0.4, -0.2) is 29.6 Å². The van der Waals surface area contributed by atoms with E-state index in [2.05, 4.69) is 9.80 Å². The van der Waals surface area contributed by atoms with Gasteiger partial charge in [0.1, 0.15) is 0 Å². The molecule has 0 atom stereocenters. The van der Waals surface area contributed by atoms with Crippen LogP contribution in [0.2, 0.25) is 0 Å². The molecule has 1 aromatic carbocycles. The molecule has 0 unspecified atom stereocenters. The van der Waals surface area contributed by atoms with Gasteiger partial charge in [0.2, 0.25) is 0 Å². The van der Waals surface area contributed by atoms with Crippen molar-refractivity contribution < 1.29 is 13.2 Å². The second-order valence-electron chi connectivity index (χ2n) is 4.84. The van der Waals surface area contributed by atoms with Crippen LogP contribution < -0.4 is 5.73 Å². The van der Waals surface area contributed by atoms with E-state index < -0.39 is 11.7 Å². The molecule has 3 nitrogen and oxygen atoms in total. The lowest BCUT2D eigenvalue weighted by molar-refractivity contribution is -0.137. The maximum Gasteiger partial charge on any atom is 0.416 e. The third-order valence-electron chi connectivity index (χ3n) is 3.17. The summed E-state index contributed by atoms with van der Waals surface area (Å²) < 4.78 is 37.4. The predicted molar refractivity (Wildman–Crippen MR) is 71.4 cm³/mol. The molecule has 0 saturated carbocycles. The van der Waals surface area contributed by atoms with Crippen molar-refractivity contribution in [1.82, 2.24) is 9.80 Å². The Bertz CT molecular complexity index is 454. The largest absolute Gasteiger partial charge is 0.416 e. The maximum absolute atomic E-state index is 12.5. The fourth-order valence-corrected chi connectivity index (χ4v) is 2.09. The van der Waals surface area contributed by atoms with Crippen molar-refractivity contribution in [2.45, 2.75) is 19.1 Å². The Labute approximate surface area is 116 Å². The highest BCUT2D eigenvalue weighted by Gasteiger charge is 2.29. The first-order chi connectivity index (χ1) is 9.49. The number of halogens is 3. The molecule has 0 fully saturated rings. The highest BCUT2D eigenvalue weighted by atomic mass is 19.4. The zero-order valence-electron chi connectivity index (χ0n) is 11.1. The normalized spacial score (nSPS) is 15.2. The Morgan fingerprint density at radius 1 is 1.05 bits per heavy atom. The molecule has 0 radical (unpaired) electrons. The molecular weight excluding hydrogens is 267 g/mol. The zero-order valence-corrected chi connectivity index (χ0v) is 11.1. The number of hydrogen-bond acceptors (Lipinski definition) is 3. The first-order valence-electron chi connectivity index (χ1n) is 6.51. The highest BCUT2D eigenvalue weighted by Crippen LogP contribution is 2.29. The average Bonchev–Trinajstić information content (AvgIpc) is 2.83. The number of benzene rings is 1. The summed E-state index contributed by atoms with van der Waals surface area (Å²) in [5.74, 6) is 0. The molecule has 0 aliphatic carbocycles. The lowest BCUT2D eigenvalue weighted by atomic mass is 10.1. The van der Waals surface area contributed by atoms with Crippen molar-refractivity contribution in [1.29, 1.82) is 0 Å². The van der Waals surface area contributed by atoms with Crippen molar-refractivity contribution >= 4 is 0 Å². The Morgan fingerprint density at radius 3 is 2.30 bits per heavy atom. The lowest BCUT2D eigenvalue weighted by Crippen LogP contribution is -2.26. The Morgan fingerprint density at radius 2 is 1.70 bits per heavy atom. The molecule has 1 aliphatic rings. The molecule has 1 aromatic rings. The summed E-state index contributed by atoms with van der Waals surface area (Å²) in [5, 5.41) is 0. The number of nitrogens with two attached hydrogens (primary N) is 1. The molecule has 2 rings (SSSR count). The second kappa shape index (κ2) is 6.17. The first kappa shape index (κ1) is 14.7. The first-order valence-corrected chi connectivity index (χ1v) is 6.51. The minimum atomic E-state index is -4.27. The van der Waals surface area contributed by atoms with Crippen LogP contribution in [0.15, 0.2) is 36.7 Å². The molecule has 20 heavy (non-hydrogen) atoms.